The molecule has 0 bridgehead atoms. The SMILES string of the molecule is CN(C)C1(c2ccccc2)CCC2(CC1)CN(CCC(=O)O)C(O)N2CC1CCC1. The van der Waals surface area contributed by atoms with Crippen LogP contribution in [-0.4, -0.2) is 76.5 Å². The molecule has 1 heterocycles. The second-order valence-electron chi connectivity index (χ2n) is 9.93. The number of carboxylic acid groups (broad SMARTS) is 1. The smallest absolute Gasteiger partial charge is 0.304 e. The highest BCUT2D eigenvalue weighted by atomic mass is 16.4. The molecule has 4 rings (SSSR count). The van der Waals surface area contributed by atoms with Crippen LogP contribution < -0.4 is 0 Å². The maximum Gasteiger partial charge on any atom is 0.304 e. The normalized spacial score (nSPS) is 33.3. The maximum absolute atomic E-state index is 11.2. The Labute approximate surface area is 180 Å². The zero-order chi connectivity index (χ0) is 21.4. The minimum absolute atomic E-state index is 0.0219. The standard InChI is InChI=1S/C24H37N3O3/c1-25(2)24(20-9-4-3-5-10-20)14-12-23(13-15-24)18-26(16-11-21(28)29)22(30)27(23)17-19-7-6-8-19/h3-5,9-10,19,22,30H,6-8,11-18H2,1-2H3,(H,28,29). The van der Waals surface area contributed by atoms with Gasteiger partial charge in [-0.1, -0.05) is 36.8 Å². The summed E-state index contributed by atoms with van der Waals surface area (Å²) in [5.74, 6) is -0.126. The van der Waals surface area contributed by atoms with Crippen molar-refractivity contribution in [2.75, 3.05) is 33.7 Å². The van der Waals surface area contributed by atoms with Crippen molar-refractivity contribution in [3.05, 3.63) is 35.9 Å². The molecule has 0 radical (unpaired) electrons. The number of rotatable bonds is 7. The van der Waals surface area contributed by atoms with Crippen LogP contribution in [0.4, 0.5) is 0 Å². The molecule has 2 N–H and O–H groups in total. The van der Waals surface area contributed by atoms with Gasteiger partial charge in [-0.15, -0.1) is 0 Å². The Morgan fingerprint density at radius 2 is 1.80 bits per heavy atom. The van der Waals surface area contributed by atoms with E-state index in [2.05, 4.69) is 54.2 Å². The molecule has 1 aromatic rings. The van der Waals surface area contributed by atoms with E-state index in [9.17, 15) is 9.90 Å². The minimum atomic E-state index is -0.798. The quantitative estimate of drug-likeness (QED) is 0.714. The molecule has 6 heteroatoms. The third-order valence-corrected chi connectivity index (χ3v) is 8.18. The first-order chi connectivity index (χ1) is 14.4. The molecule has 3 fully saturated rings. The molecule has 30 heavy (non-hydrogen) atoms. The van der Waals surface area contributed by atoms with E-state index in [-0.39, 0.29) is 17.5 Å². The molecule has 166 valence electrons. The summed E-state index contributed by atoms with van der Waals surface area (Å²) in [4.78, 5) is 17.8. The molecule has 1 atom stereocenters. The summed E-state index contributed by atoms with van der Waals surface area (Å²) in [7, 11) is 4.36. The van der Waals surface area contributed by atoms with E-state index in [1.54, 1.807) is 0 Å². The van der Waals surface area contributed by atoms with Crippen LogP contribution in [0, 0.1) is 5.92 Å². The van der Waals surface area contributed by atoms with Crippen LogP contribution in [0.5, 0.6) is 0 Å². The predicted octanol–water partition coefficient (Wildman–Crippen LogP) is 2.92. The van der Waals surface area contributed by atoms with Gasteiger partial charge in [0, 0.05) is 30.7 Å². The van der Waals surface area contributed by atoms with Gasteiger partial charge in [-0.3, -0.25) is 19.5 Å². The number of aliphatic hydroxyl groups is 1. The lowest BCUT2D eigenvalue weighted by molar-refractivity contribution is -0.138. The lowest BCUT2D eigenvalue weighted by Crippen LogP contribution is -2.57. The predicted molar refractivity (Wildman–Crippen MR) is 117 cm³/mol. The van der Waals surface area contributed by atoms with Crippen molar-refractivity contribution in [2.45, 2.75) is 68.8 Å². The molecular formula is C24H37N3O3. The molecule has 6 nitrogen and oxygen atoms in total. The van der Waals surface area contributed by atoms with Gasteiger partial charge in [-0.05, 0) is 64.1 Å². The monoisotopic (exact) mass is 415 g/mol. The van der Waals surface area contributed by atoms with Crippen molar-refractivity contribution in [3.63, 3.8) is 0 Å². The fraction of sp³-hybridized carbons (Fsp3) is 0.708. The van der Waals surface area contributed by atoms with Gasteiger partial charge in [-0.2, -0.15) is 0 Å². The Morgan fingerprint density at radius 3 is 2.33 bits per heavy atom. The lowest BCUT2D eigenvalue weighted by Gasteiger charge is -2.52. The Balaban J connectivity index is 1.56. The fourth-order valence-electron chi connectivity index (χ4n) is 5.98. The number of aliphatic carboxylic acids is 1. The van der Waals surface area contributed by atoms with Crippen molar-refractivity contribution in [2.24, 2.45) is 5.92 Å². The van der Waals surface area contributed by atoms with Crippen molar-refractivity contribution in [1.29, 1.82) is 0 Å². The average Bonchev–Trinajstić information content (AvgIpc) is 2.95. The number of nitrogens with zero attached hydrogens (tertiary/aromatic N) is 3. The van der Waals surface area contributed by atoms with Gasteiger partial charge in [0.1, 0.15) is 0 Å². The van der Waals surface area contributed by atoms with Crippen molar-refractivity contribution < 1.29 is 15.0 Å². The first-order valence-electron chi connectivity index (χ1n) is 11.5. The molecule has 3 aliphatic rings. The van der Waals surface area contributed by atoms with E-state index >= 15 is 0 Å². The van der Waals surface area contributed by atoms with Crippen LogP contribution in [0.15, 0.2) is 30.3 Å². The summed E-state index contributed by atoms with van der Waals surface area (Å²) in [6.45, 7) is 2.12. The third kappa shape index (κ3) is 3.91. The van der Waals surface area contributed by atoms with E-state index < -0.39 is 12.3 Å². The second kappa shape index (κ2) is 8.58. The summed E-state index contributed by atoms with van der Waals surface area (Å²) < 4.78 is 0. The molecule has 0 amide bonds. The van der Waals surface area contributed by atoms with Gasteiger partial charge in [0.25, 0.3) is 0 Å². The topological polar surface area (TPSA) is 67.2 Å². The molecule has 2 saturated carbocycles. The molecule has 1 saturated heterocycles. The van der Waals surface area contributed by atoms with Crippen LogP contribution in [0.25, 0.3) is 0 Å². The number of hydrogen-bond donors (Lipinski definition) is 2. The van der Waals surface area contributed by atoms with Gasteiger partial charge in [0.05, 0.1) is 6.42 Å². The number of benzene rings is 1. The summed E-state index contributed by atoms with van der Waals surface area (Å²) >= 11 is 0. The Hall–Kier alpha value is -1.47. The highest BCUT2D eigenvalue weighted by Crippen LogP contribution is 2.50. The van der Waals surface area contributed by atoms with Crippen molar-refractivity contribution in [1.82, 2.24) is 14.7 Å². The largest absolute Gasteiger partial charge is 0.481 e. The highest BCUT2D eigenvalue weighted by Gasteiger charge is 2.54. The second-order valence-corrected chi connectivity index (χ2v) is 9.93. The van der Waals surface area contributed by atoms with E-state index in [0.29, 0.717) is 12.5 Å². The first kappa shape index (κ1) is 21.8. The minimum Gasteiger partial charge on any atom is -0.481 e. The Kier molecular flexibility index (Phi) is 6.22. The zero-order valence-electron chi connectivity index (χ0n) is 18.5. The number of hydrogen-bond acceptors (Lipinski definition) is 5. The molecule has 0 aromatic heterocycles. The molecule has 1 unspecified atom stereocenters. The first-order valence-corrected chi connectivity index (χ1v) is 11.5. The third-order valence-electron chi connectivity index (χ3n) is 8.18. The molecule has 1 spiro atoms. The van der Waals surface area contributed by atoms with E-state index in [0.717, 1.165) is 38.8 Å². The van der Waals surface area contributed by atoms with E-state index in [1.165, 1.54) is 24.8 Å². The fourth-order valence-corrected chi connectivity index (χ4v) is 5.98. The van der Waals surface area contributed by atoms with E-state index in [4.69, 9.17) is 5.11 Å². The van der Waals surface area contributed by atoms with Crippen molar-refractivity contribution >= 4 is 5.97 Å². The number of carbonyl (C=O) groups is 1. The van der Waals surface area contributed by atoms with E-state index in [1.807, 2.05) is 4.90 Å². The molecular weight excluding hydrogens is 378 g/mol. The number of carboxylic acids is 1. The highest BCUT2D eigenvalue weighted by molar-refractivity contribution is 5.66. The zero-order valence-corrected chi connectivity index (χ0v) is 18.5. The lowest BCUT2D eigenvalue weighted by atomic mass is 9.68. The van der Waals surface area contributed by atoms with Gasteiger partial charge in [0.2, 0.25) is 0 Å². The van der Waals surface area contributed by atoms with Crippen LogP contribution in [-0.2, 0) is 10.3 Å². The van der Waals surface area contributed by atoms with Gasteiger partial charge < -0.3 is 10.2 Å². The van der Waals surface area contributed by atoms with Crippen molar-refractivity contribution in [3.8, 4) is 0 Å². The summed E-state index contributed by atoms with van der Waals surface area (Å²) in [6.07, 6.45) is 7.35. The molecule has 2 aliphatic carbocycles. The summed E-state index contributed by atoms with van der Waals surface area (Å²) in [5, 5.41) is 20.3. The maximum atomic E-state index is 11.2. The van der Waals surface area contributed by atoms with Gasteiger partial charge in [0.15, 0.2) is 6.35 Å². The van der Waals surface area contributed by atoms with Crippen LogP contribution in [0.3, 0.4) is 0 Å². The Bertz CT molecular complexity index is 726. The summed E-state index contributed by atoms with van der Waals surface area (Å²) in [6, 6.07) is 10.8. The Morgan fingerprint density at radius 1 is 1.13 bits per heavy atom. The van der Waals surface area contributed by atoms with Crippen LogP contribution in [0.2, 0.25) is 0 Å². The molecule has 1 aliphatic heterocycles. The molecule has 1 aromatic carbocycles. The van der Waals surface area contributed by atoms with Crippen LogP contribution in [0.1, 0.15) is 56.9 Å². The van der Waals surface area contributed by atoms with Gasteiger partial charge in [-0.25, -0.2) is 0 Å². The summed E-state index contributed by atoms with van der Waals surface area (Å²) in [5.41, 5.74) is 1.34. The van der Waals surface area contributed by atoms with Crippen LogP contribution >= 0.6 is 0 Å². The number of aliphatic hydroxyl groups excluding tert-OH is 1. The van der Waals surface area contributed by atoms with Gasteiger partial charge >= 0.3 is 5.97 Å². The average molecular weight is 416 g/mol.